The SMILES string of the molecule is Cc1cccc(NC(=O)COC(=O)c2cc(Cl)nc3ccccc23)c1C. The predicted octanol–water partition coefficient (Wildman–Crippen LogP) is 4.30. The van der Waals surface area contributed by atoms with Crippen LogP contribution in [0.2, 0.25) is 5.15 Å². The quantitative estimate of drug-likeness (QED) is 0.550. The van der Waals surface area contributed by atoms with Gasteiger partial charge in [0, 0.05) is 11.1 Å². The van der Waals surface area contributed by atoms with Crippen molar-refractivity contribution in [3.8, 4) is 0 Å². The van der Waals surface area contributed by atoms with Gasteiger partial charge >= 0.3 is 5.97 Å². The zero-order chi connectivity index (χ0) is 18.7. The topological polar surface area (TPSA) is 68.3 Å². The Balaban J connectivity index is 1.71. The number of anilines is 1. The first-order valence-corrected chi connectivity index (χ1v) is 8.42. The number of ether oxygens (including phenoxy) is 1. The Hall–Kier alpha value is -2.92. The van der Waals surface area contributed by atoms with Gasteiger partial charge in [-0.1, -0.05) is 41.9 Å². The van der Waals surface area contributed by atoms with E-state index in [-0.39, 0.29) is 17.3 Å². The number of hydrogen-bond donors (Lipinski definition) is 1. The van der Waals surface area contributed by atoms with Crippen molar-refractivity contribution < 1.29 is 14.3 Å². The maximum atomic E-state index is 12.4. The molecular formula is C20H17ClN2O3. The molecule has 1 amide bonds. The molecule has 1 N–H and O–H groups in total. The number of fused-ring (bicyclic) bond motifs is 1. The van der Waals surface area contributed by atoms with Crippen LogP contribution in [0.15, 0.2) is 48.5 Å². The fourth-order valence-corrected chi connectivity index (χ4v) is 2.79. The molecule has 0 aliphatic rings. The zero-order valence-corrected chi connectivity index (χ0v) is 15.1. The third-order valence-corrected chi connectivity index (χ3v) is 4.31. The molecule has 0 saturated heterocycles. The number of nitrogens with zero attached hydrogens (tertiary/aromatic N) is 1. The van der Waals surface area contributed by atoms with Crippen molar-refractivity contribution in [2.45, 2.75) is 13.8 Å². The number of halogens is 1. The van der Waals surface area contributed by atoms with Gasteiger partial charge in [0.15, 0.2) is 6.61 Å². The summed E-state index contributed by atoms with van der Waals surface area (Å²) >= 11 is 5.97. The summed E-state index contributed by atoms with van der Waals surface area (Å²) in [7, 11) is 0. The number of nitrogens with one attached hydrogen (secondary N) is 1. The number of amides is 1. The van der Waals surface area contributed by atoms with E-state index in [9.17, 15) is 9.59 Å². The predicted molar refractivity (Wildman–Crippen MR) is 102 cm³/mol. The minimum absolute atomic E-state index is 0.190. The number of aryl methyl sites for hydroxylation is 1. The number of benzene rings is 2. The molecule has 0 spiro atoms. The lowest BCUT2D eigenvalue weighted by Crippen LogP contribution is -2.21. The highest BCUT2D eigenvalue weighted by molar-refractivity contribution is 6.30. The number of aromatic nitrogens is 1. The first-order chi connectivity index (χ1) is 12.5. The van der Waals surface area contributed by atoms with Crippen molar-refractivity contribution in [1.29, 1.82) is 0 Å². The largest absolute Gasteiger partial charge is 0.452 e. The van der Waals surface area contributed by atoms with Crippen molar-refractivity contribution in [3.05, 3.63) is 70.4 Å². The van der Waals surface area contributed by atoms with Gasteiger partial charge in [0.25, 0.3) is 5.91 Å². The highest BCUT2D eigenvalue weighted by Crippen LogP contribution is 2.22. The summed E-state index contributed by atoms with van der Waals surface area (Å²) in [5.74, 6) is -1.03. The van der Waals surface area contributed by atoms with E-state index in [2.05, 4.69) is 10.3 Å². The van der Waals surface area contributed by atoms with Gasteiger partial charge in [0.1, 0.15) is 5.15 Å². The lowest BCUT2D eigenvalue weighted by molar-refractivity contribution is -0.119. The highest BCUT2D eigenvalue weighted by atomic mass is 35.5. The van der Waals surface area contributed by atoms with E-state index in [1.807, 2.05) is 26.0 Å². The summed E-state index contributed by atoms with van der Waals surface area (Å²) in [6.45, 7) is 3.49. The molecule has 0 saturated carbocycles. The number of esters is 1. The average molecular weight is 369 g/mol. The number of hydrogen-bond acceptors (Lipinski definition) is 4. The van der Waals surface area contributed by atoms with Crippen LogP contribution in [0.25, 0.3) is 10.9 Å². The van der Waals surface area contributed by atoms with Crippen LogP contribution in [0.3, 0.4) is 0 Å². The van der Waals surface area contributed by atoms with E-state index in [0.29, 0.717) is 16.6 Å². The van der Waals surface area contributed by atoms with Crippen LogP contribution in [-0.4, -0.2) is 23.5 Å². The van der Waals surface area contributed by atoms with Gasteiger partial charge in [0.05, 0.1) is 11.1 Å². The van der Waals surface area contributed by atoms with E-state index >= 15 is 0 Å². The number of rotatable bonds is 4. The second-order valence-corrected chi connectivity index (χ2v) is 6.27. The molecule has 26 heavy (non-hydrogen) atoms. The van der Waals surface area contributed by atoms with Crippen LogP contribution in [0.5, 0.6) is 0 Å². The molecule has 0 fully saturated rings. The summed E-state index contributed by atoms with van der Waals surface area (Å²) in [5, 5.41) is 3.56. The molecule has 0 atom stereocenters. The maximum absolute atomic E-state index is 12.4. The summed E-state index contributed by atoms with van der Waals surface area (Å²) < 4.78 is 5.16. The molecule has 6 heteroatoms. The molecule has 0 unspecified atom stereocenters. The molecule has 2 aromatic carbocycles. The van der Waals surface area contributed by atoms with Gasteiger partial charge in [-0.2, -0.15) is 0 Å². The van der Waals surface area contributed by atoms with Gasteiger partial charge in [0.2, 0.25) is 0 Å². The molecule has 1 heterocycles. The maximum Gasteiger partial charge on any atom is 0.339 e. The standard InChI is InChI=1S/C20H17ClN2O3/c1-12-6-5-9-16(13(12)2)23-19(24)11-26-20(25)15-10-18(21)22-17-8-4-3-7-14(15)17/h3-10H,11H2,1-2H3,(H,23,24). The number of carbonyl (C=O) groups excluding carboxylic acids is 2. The normalized spacial score (nSPS) is 10.6. The van der Waals surface area contributed by atoms with Gasteiger partial charge in [-0.25, -0.2) is 9.78 Å². The van der Waals surface area contributed by atoms with Crippen molar-refractivity contribution in [3.63, 3.8) is 0 Å². The van der Waals surface area contributed by atoms with Crippen LogP contribution in [0.4, 0.5) is 5.69 Å². The Kier molecular flexibility index (Phi) is 5.19. The van der Waals surface area contributed by atoms with Crippen molar-refractivity contribution >= 4 is 40.1 Å². The molecule has 5 nitrogen and oxygen atoms in total. The van der Waals surface area contributed by atoms with E-state index in [0.717, 1.165) is 11.1 Å². The Morgan fingerprint density at radius 3 is 2.69 bits per heavy atom. The van der Waals surface area contributed by atoms with Crippen LogP contribution in [-0.2, 0) is 9.53 Å². The van der Waals surface area contributed by atoms with Gasteiger partial charge in [-0.15, -0.1) is 0 Å². The second kappa shape index (κ2) is 7.54. The third-order valence-electron chi connectivity index (χ3n) is 4.12. The molecule has 0 aliphatic heterocycles. The van der Waals surface area contributed by atoms with Crippen LogP contribution in [0, 0.1) is 13.8 Å². The smallest absolute Gasteiger partial charge is 0.339 e. The van der Waals surface area contributed by atoms with Crippen molar-refractivity contribution in [2.24, 2.45) is 0 Å². The number of carbonyl (C=O) groups is 2. The summed E-state index contributed by atoms with van der Waals surface area (Å²) in [6, 6.07) is 14.2. The minimum Gasteiger partial charge on any atom is -0.452 e. The molecule has 3 rings (SSSR count). The Labute approximate surface area is 156 Å². The van der Waals surface area contributed by atoms with Gasteiger partial charge in [-0.3, -0.25) is 4.79 Å². The lowest BCUT2D eigenvalue weighted by atomic mass is 10.1. The van der Waals surface area contributed by atoms with E-state index < -0.39 is 11.9 Å². The molecule has 0 bridgehead atoms. The van der Waals surface area contributed by atoms with E-state index in [1.54, 1.807) is 30.3 Å². The van der Waals surface area contributed by atoms with E-state index in [1.165, 1.54) is 6.07 Å². The number of pyridine rings is 1. The fraction of sp³-hybridized carbons (Fsp3) is 0.150. The highest BCUT2D eigenvalue weighted by Gasteiger charge is 2.16. The lowest BCUT2D eigenvalue weighted by Gasteiger charge is -2.11. The van der Waals surface area contributed by atoms with Gasteiger partial charge < -0.3 is 10.1 Å². The Morgan fingerprint density at radius 2 is 1.88 bits per heavy atom. The Bertz CT molecular complexity index is 1000. The minimum atomic E-state index is -0.624. The van der Waals surface area contributed by atoms with Crippen LogP contribution < -0.4 is 5.32 Å². The molecular weight excluding hydrogens is 352 g/mol. The molecule has 0 radical (unpaired) electrons. The third kappa shape index (κ3) is 3.83. The van der Waals surface area contributed by atoms with Crippen LogP contribution in [0.1, 0.15) is 21.5 Å². The van der Waals surface area contributed by atoms with Crippen molar-refractivity contribution in [1.82, 2.24) is 4.98 Å². The molecule has 1 aromatic heterocycles. The molecule has 132 valence electrons. The summed E-state index contributed by atoms with van der Waals surface area (Å²) in [4.78, 5) is 28.7. The van der Waals surface area contributed by atoms with E-state index in [4.69, 9.17) is 16.3 Å². The summed E-state index contributed by atoms with van der Waals surface area (Å²) in [6.07, 6.45) is 0. The summed E-state index contributed by atoms with van der Waals surface area (Å²) in [5.41, 5.74) is 3.60. The second-order valence-electron chi connectivity index (χ2n) is 5.88. The van der Waals surface area contributed by atoms with Crippen LogP contribution >= 0.6 is 11.6 Å². The molecule has 0 aliphatic carbocycles. The first-order valence-electron chi connectivity index (χ1n) is 8.04. The van der Waals surface area contributed by atoms with Crippen molar-refractivity contribution in [2.75, 3.05) is 11.9 Å². The monoisotopic (exact) mass is 368 g/mol. The molecule has 3 aromatic rings. The van der Waals surface area contributed by atoms with Gasteiger partial charge in [-0.05, 0) is 43.2 Å². The number of para-hydroxylation sites is 1. The zero-order valence-electron chi connectivity index (χ0n) is 14.4. The fourth-order valence-electron chi connectivity index (χ4n) is 2.59. The average Bonchev–Trinajstić information content (AvgIpc) is 2.62. The Morgan fingerprint density at radius 1 is 1.12 bits per heavy atom. The first kappa shape index (κ1) is 17.9.